The molecule has 98 valence electrons. The summed E-state index contributed by atoms with van der Waals surface area (Å²) in [5.41, 5.74) is 5.63. The van der Waals surface area contributed by atoms with E-state index in [2.05, 4.69) is 10.3 Å². The highest BCUT2D eigenvalue weighted by molar-refractivity contribution is 5.63. The van der Waals surface area contributed by atoms with Crippen molar-refractivity contribution in [1.82, 2.24) is 4.98 Å². The summed E-state index contributed by atoms with van der Waals surface area (Å²) in [5, 5.41) is 21.7. The Bertz CT molecular complexity index is 440. The lowest BCUT2D eigenvalue weighted by atomic mass is 10.0. The van der Waals surface area contributed by atoms with Crippen molar-refractivity contribution < 1.29 is 9.84 Å². The van der Waals surface area contributed by atoms with Crippen LogP contribution in [-0.2, 0) is 4.74 Å². The summed E-state index contributed by atoms with van der Waals surface area (Å²) in [6, 6.07) is 3.50. The Balaban J connectivity index is 2.61. The minimum atomic E-state index is -0.905. The number of aromatic nitrogens is 1. The van der Waals surface area contributed by atoms with Gasteiger partial charge in [-0.05, 0) is 13.0 Å². The Morgan fingerprint density at radius 3 is 2.94 bits per heavy atom. The fourth-order valence-electron chi connectivity index (χ4n) is 1.38. The number of hydrogen-bond donors (Lipinski definition) is 3. The molecule has 1 rings (SSSR count). The molecule has 0 spiro atoms. The Labute approximate surface area is 106 Å². The molecular weight excluding hydrogens is 232 g/mol. The molecule has 1 heterocycles. The minimum absolute atomic E-state index is 0.305. The predicted molar refractivity (Wildman–Crippen MR) is 69.0 cm³/mol. The van der Waals surface area contributed by atoms with Crippen LogP contribution in [0.15, 0.2) is 12.3 Å². The molecule has 1 aromatic heterocycles. The van der Waals surface area contributed by atoms with Gasteiger partial charge in [0.2, 0.25) is 0 Å². The van der Waals surface area contributed by atoms with Gasteiger partial charge in [-0.1, -0.05) is 0 Å². The van der Waals surface area contributed by atoms with Crippen LogP contribution in [-0.4, -0.2) is 36.0 Å². The summed E-state index contributed by atoms with van der Waals surface area (Å²) in [4.78, 5) is 4.03. The molecule has 4 N–H and O–H groups in total. The molecule has 6 heteroatoms. The summed E-state index contributed by atoms with van der Waals surface area (Å²) < 4.78 is 4.92. The first-order chi connectivity index (χ1) is 8.48. The number of anilines is 2. The van der Waals surface area contributed by atoms with E-state index in [1.165, 1.54) is 6.20 Å². The molecule has 0 radical (unpaired) electrons. The summed E-state index contributed by atoms with van der Waals surface area (Å²) in [7, 11) is 1.59. The van der Waals surface area contributed by atoms with Crippen LogP contribution < -0.4 is 11.1 Å². The molecular formula is C12H18N4O2. The zero-order valence-corrected chi connectivity index (χ0v) is 10.6. The minimum Gasteiger partial charge on any atom is -0.396 e. The first kappa shape index (κ1) is 14.2. The van der Waals surface area contributed by atoms with Crippen molar-refractivity contribution in [2.24, 2.45) is 0 Å². The van der Waals surface area contributed by atoms with Gasteiger partial charge in [0, 0.05) is 32.9 Å². The fourth-order valence-corrected chi connectivity index (χ4v) is 1.38. The topological polar surface area (TPSA) is 104 Å². The largest absolute Gasteiger partial charge is 0.396 e. The predicted octanol–water partition coefficient (Wildman–Crippen LogP) is 0.735. The SMILES string of the molecule is COCCC(C)(O)CNc1ncc(C#N)cc1N. The highest BCUT2D eigenvalue weighted by Crippen LogP contribution is 2.18. The van der Waals surface area contributed by atoms with Crippen molar-refractivity contribution in [2.75, 3.05) is 31.3 Å². The third-order valence-electron chi connectivity index (χ3n) is 2.53. The molecule has 0 aliphatic carbocycles. The van der Waals surface area contributed by atoms with E-state index in [9.17, 15) is 5.11 Å². The highest BCUT2D eigenvalue weighted by atomic mass is 16.5. The molecule has 1 atom stereocenters. The van der Waals surface area contributed by atoms with Gasteiger partial charge in [0.25, 0.3) is 0 Å². The summed E-state index contributed by atoms with van der Waals surface area (Å²) >= 11 is 0. The second kappa shape index (κ2) is 6.19. The van der Waals surface area contributed by atoms with Crippen LogP contribution >= 0.6 is 0 Å². The first-order valence-electron chi connectivity index (χ1n) is 5.59. The van der Waals surface area contributed by atoms with E-state index in [1.54, 1.807) is 20.1 Å². The van der Waals surface area contributed by atoms with Gasteiger partial charge in [-0.25, -0.2) is 4.98 Å². The van der Waals surface area contributed by atoms with Gasteiger partial charge in [0.1, 0.15) is 11.9 Å². The van der Waals surface area contributed by atoms with Gasteiger partial charge in [-0.2, -0.15) is 5.26 Å². The monoisotopic (exact) mass is 250 g/mol. The molecule has 6 nitrogen and oxygen atoms in total. The van der Waals surface area contributed by atoms with Gasteiger partial charge >= 0.3 is 0 Å². The van der Waals surface area contributed by atoms with Crippen LogP contribution in [0.4, 0.5) is 11.5 Å². The molecule has 18 heavy (non-hydrogen) atoms. The number of nitrogens with one attached hydrogen (secondary N) is 1. The molecule has 1 aromatic rings. The number of methoxy groups -OCH3 is 1. The van der Waals surface area contributed by atoms with Crippen molar-refractivity contribution in [3.63, 3.8) is 0 Å². The molecule has 0 saturated heterocycles. The van der Waals surface area contributed by atoms with E-state index in [0.29, 0.717) is 36.6 Å². The maximum atomic E-state index is 10.0. The van der Waals surface area contributed by atoms with Crippen LogP contribution in [0.25, 0.3) is 0 Å². The molecule has 0 fully saturated rings. The number of nitriles is 1. The van der Waals surface area contributed by atoms with Gasteiger partial charge < -0.3 is 20.9 Å². The van der Waals surface area contributed by atoms with Crippen molar-refractivity contribution in [1.29, 1.82) is 5.26 Å². The van der Waals surface area contributed by atoms with E-state index in [1.807, 2.05) is 6.07 Å². The van der Waals surface area contributed by atoms with Crippen LogP contribution in [0.3, 0.4) is 0 Å². The van der Waals surface area contributed by atoms with Crippen molar-refractivity contribution in [3.05, 3.63) is 17.8 Å². The number of ether oxygens (including phenoxy) is 1. The van der Waals surface area contributed by atoms with E-state index >= 15 is 0 Å². The number of rotatable bonds is 6. The van der Waals surface area contributed by atoms with Gasteiger partial charge in [0.05, 0.1) is 16.9 Å². The van der Waals surface area contributed by atoms with Crippen LogP contribution in [0.1, 0.15) is 18.9 Å². The van der Waals surface area contributed by atoms with Gasteiger partial charge in [-0.3, -0.25) is 0 Å². The number of pyridine rings is 1. The first-order valence-corrected chi connectivity index (χ1v) is 5.59. The Morgan fingerprint density at radius 2 is 2.39 bits per heavy atom. The van der Waals surface area contributed by atoms with E-state index < -0.39 is 5.60 Å². The van der Waals surface area contributed by atoms with E-state index in [4.69, 9.17) is 15.7 Å². The Morgan fingerprint density at radius 1 is 1.67 bits per heavy atom. The molecule has 0 aliphatic heterocycles. The third-order valence-corrected chi connectivity index (χ3v) is 2.53. The summed E-state index contributed by atoms with van der Waals surface area (Å²) in [6.45, 7) is 2.49. The molecule has 0 aliphatic rings. The lowest BCUT2D eigenvalue weighted by Gasteiger charge is -2.23. The van der Waals surface area contributed by atoms with E-state index in [-0.39, 0.29) is 0 Å². The van der Waals surface area contributed by atoms with Crippen LogP contribution in [0, 0.1) is 11.3 Å². The zero-order valence-electron chi connectivity index (χ0n) is 10.6. The standard InChI is InChI=1S/C12H18N4O2/c1-12(17,3-4-18-2)8-16-11-10(14)5-9(6-13)7-15-11/h5,7,17H,3-4,8,14H2,1-2H3,(H,15,16). The Kier molecular flexibility index (Phi) is 4.89. The third kappa shape index (κ3) is 4.20. The second-order valence-electron chi connectivity index (χ2n) is 4.37. The quantitative estimate of drug-likeness (QED) is 0.687. The maximum Gasteiger partial charge on any atom is 0.149 e. The fraction of sp³-hybridized carbons (Fsp3) is 0.500. The average Bonchev–Trinajstić information content (AvgIpc) is 2.35. The zero-order chi connectivity index (χ0) is 13.6. The molecule has 1 unspecified atom stereocenters. The summed E-state index contributed by atoms with van der Waals surface area (Å²) in [5.74, 6) is 0.465. The number of nitrogens with zero attached hydrogens (tertiary/aromatic N) is 2. The lowest BCUT2D eigenvalue weighted by molar-refractivity contribution is 0.0357. The van der Waals surface area contributed by atoms with Crippen LogP contribution in [0.2, 0.25) is 0 Å². The van der Waals surface area contributed by atoms with Crippen molar-refractivity contribution >= 4 is 11.5 Å². The van der Waals surface area contributed by atoms with Crippen molar-refractivity contribution in [3.8, 4) is 6.07 Å². The maximum absolute atomic E-state index is 10.0. The van der Waals surface area contributed by atoms with Gasteiger partial charge in [-0.15, -0.1) is 0 Å². The molecule has 0 saturated carbocycles. The second-order valence-corrected chi connectivity index (χ2v) is 4.37. The number of aliphatic hydroxyl groups is 1. The van der Waals surface area contributed by atoms with Crippen molar-refractivity contribution in [2.45, 2.75) is 18.9 Å². The normalized spacial score (nSPS) is 13.7. The van der Waals surface area contributed by atoms with Crippen LogP contribution in [0.5, 0.6) is 0 Å². The lowest BCUT2D eigenvalue weighted by Crippen LogP contribution is -2.35. The van der Waals surface area contributed by atoms with Gasteiger partial charge in [0.15, 0.2) is 0 Å². The molecule has 0 amide bonds. The average molecular weight is 250 g/mol. The smallest absolute Gasteiger partial charge is 0.149 e. The summed E-state index contributed by atoms with van der Waals surface area (Å²) in [6.07, 6.45) is 1.94. The number of hydrogen-bond acceptors (Lipinski definition) is 6. The highest BCUT2D eigenvalue weighted by Gasteiger charge is 2.20. The number of nitrogen functional groups attached to an aromatic ring is 1. The molecule has 0 aromatic carbocycles. The van der Waals surface area contributed by atoms with E-state index in [0.717, 1.165) is 0 Å². The Hall–Kier alpha value is -1.84. The number of nitrogens with two attached hydrogens (primary N) is 1. The molecule has 0 bridgehead atoms.